The van der Waals surface area contributed by atoms with E-state index in [2.05, 4.69) is 20.5 Å². The SMILES string of the molecule is O=C1c2ccc3c4ccc5c6c(ccc(c7ccc(c2c37)C(=O)C1/N=N/c1ccc(N(CCO)CCO)cc1)c64)C(=O)C(/N=N/c1ccc(N(CCO)CCO)cc1)C5=O. The molecule has 0 bridgehead atoms. The van der Waals surface area contributed by atoms with Gasteiger partial charge in [0.25, 0.3) is 0 Å². The van der Waals surface area contributed by atoms with Crippen molar-refractivity contribution in [2.75, 3.05) is 62.4 Å². The zero-order valence-electron chi connectivity index (χ0n) is 32.2. The minimum atomic E-state index is -1.38. The molecule has 2 aliphatic rings. The van der Waals surface area contributed by atoms with Gasteiger partial charge in [0.15, 0.2) is 35.2 Å². The number of carbonyl (C=O) groups excluding carboxylic acids is 4. The van der Waals surface area contributed by atoms with E-state index in [9.17, 15) is 39.6 Å². The number of carbonyl (C=O) groups is 4. The van der Waals surface area contributed by atoms with E-state index in [1.54, 1.807) is 72.8 Å². The largest absolute Gasteiger partial charge is 0.395 e. The van der Waals surface area contributed by atoms with Crippen LogP contribution in [0.1, 0.15) is 41.4 Å². The number of aliphatic hydroxyl groups is 4. The molecule has 14 nitrogen and oxygen atoms in total. The Bertz CT molecular complexity index is 2600. The fourth-order valence-electron chi connectivity index (χ4n) is 8.68. The zero-order chi connectivity index (χ0) is 41.7. The van der Waals surface area contributed by atoms with Crippen molar-refractivity contribution >= 4 is 89.0 Å². The molecule has 0 unspecified atom stereocenters. The molecule has 14 heteroatoms. The summed E-state index contributed by atoms with van der Waals surface area (Å²) in [5.74, 6) is -1.88. The van der Waals surface area contributed by atoms with E-state index >= 15 is 0 Å². The van der Waals surface area contributed by atoms with E-state index < -0.39 is 35.2 Å². The normalized spacial score (nSPS) is 14.7. The predicted molar refractivity (Wildman–Crippen MR) is 227 cm³/mol. The molecule has 0 amide bonds. The minimum Gasteiger partial charge on any atom is -0.395 e. The molecule has 0 heterocycles. The molecule has 0 aromatic heterocycles. The number of fused-ring (bicyclic) bond motifs is 2. The maximum Gasteiger partial charge on any atom is 0.197 e. The third-order valence-electron chi connectivity index (χ3n) is 11.4. The Morgan fingerprint density at radius 3 is 0.933 bits per heavy atom. The summed E-state index contributed by atoms with van der Waals surface area (Å²) in [6, 6.07) is 25.2. The van der Waals surface area contributed by atoms with Crippen LogP contribution in [0.2, 0.25) is 0 Å². The van der Waals surface area contributed by atoms with Gasteiger partial charge in [0.05, 0.1) is 37.8 Å². The van der Waals surface area contributed by atoms with Crippen LogP contribution in [0.4, 0.5) is 22.7 Å². The summed E-state index contributed by atoms with van der Waals surface area (Å²) in [7, 11) is 0. The average Bonchev–Trinajstić information content (AvgIpc) is 3.27. The number of anilines is 2. The summed E-state index contributed by atoms with van der Waals surface area (Å²) in [6.07, 6.45) is 0. The first-order chi connectivity index (χ1) is 29.3. The quantitative estimate of drug-likeness (QED) is 0.0413. The number of nitrogens with zero attached hydrogens (tertiary/aromatic N) is 6. The summed E-state index contributed by atoms with van der Waals surface area (Å²) in [5, 5.41) is 60.1. The monoisotopic (exact) mass is 802 g/mol. The molecule has 9 rings (SSSR count). The second-order valence-electron chi connectivity index (χ2n) is 14.7. The predicted octanol–water partition coefficient (Wildman–Crippen LogP) is 6.38. The van der Waals surface area contributed by atoms with E-state index in [0.717, 1.165) is 43.7 Å². The lowest BCUT2D eigenvalue weighted by atomic mass is 9.77. The second-order valence-corrected chi connectivity index (χ2v) is 14.7. The molecule has 0 aliphatic heterocycles. The fraction of sp³-hybridized carbons (Fsp3) is 0.217. The van der Waals surface area contributed by atoms with E-state index in [1.807, 2.05) is 34.1 Å². The smallest absolute Gasteiger partial charge is 0.197 e. The Hall–Kier alpha value is -6.84. The number of rotatable bonds is 14. The van der Waals surface area contributed by atoms with Crippen LogP contribution in [0.3, 0.4) is 0 Å². The topological polar surface area (TPSA) is 205 Å². The van der Waals surface area contributed by atoms with E-state index in [0.29, 0.717) is 70.6 Å². The van der Waals surface area contributed by atoms with Gasteiger partial charge in [-0.3, -0.25) is 19.2 Å². The maximum atomic E-state index is 14.0. The number of ketones is 4. The Balaban J connectivity index is 1.05. The van der Waals surface area contributed by atoms with Crippen molar-refractivity contribution in [1.29, 1.82) is 0 Å². The number of Topliss-reactive ketones (excluding diaryl/α,β-unsaturated/α-hetero) is 4. The first-order valence-electron chi connectivity index (χ1n) is 19.6. The molecule has 0 radical (unpaired) electrons. The Labute approximate surface area is 342 Å². The van der Waals surface area contributed by atoms with Gasteiger partial charge in [0, 0.05) is 70.6 Å². The first kappa shape index (κ1) is 38.7. The molecular formula is C46H38N6O8. The molecule has 0 fully saturated rings. The molecule has 0 saturated heterocycles. The summed E-state index contributed by atoms with van der Waals surface area (Å²) < 4.78 is 0. The van der Waals surface area contributed by atoms with Crippen molar-refractivity contribution in [3.8, 4) is 0 Å². The van der Waals surface area contributed by atoms with Gasteiger partial charge < -0.3 is 30.2 Å². The summed E-state index contributed by atoms with van der Waals surface area (Å²) >= 11 is 0. The van der Waals surface area contributed by atoms with Gasteiger partial charge in [-0.15, -0.1) is 0 Å². The molecule has 0 spiro atoms. The molecule has 0 atom stereocenters. The fourth-order valence-corrected chi connectivity index (χ4v) is 8.68. The standard InChI is InChI=1S/C46H38N6O8/c53-21-17-51(18-22-54)27-5-1-25(2-6-27)47-49-41-43(57)33-13-9-29-31-11-15-35-40-36(16-12-32(38(31)40)30-10-14-34(44(41)58)39(33)37(29)30)46(60)42(45(35)59)50-48-26-3-7-28(8-4-26)52(19-23-55)20-24-56/h1-16,41-42,53-56H,17-24H2/b49-47+,50-48+. The number of aliphatic hydroxyl groups excluding tert-OH is 4. The number of hydrogen-bond donors (Lipinski definition) is 4. The van der Waals surface area contributed by atoms with Crippen molar-refractivity contribution in [2.45, 2.75) is 12.1 Å². The lowest BCUT2D eigenvalue weighted by Gasteiger charge is -2.25. The van der Waals surface area contributed by atoms with Crippen LogP contribution in [0.5, 0.6) is 0 Å². The van der Waals surface area contributed by atoms with Crippen molar-refractivity contribution in [3.05, 3.63) is 119 Å². The molecule has 4 N–H and O–H groups in total. The molecule has 7 aromatic carbocycles. The summed E-state index contributed by atoms with van der Waals surface area (Å²) in [4.78, 5) is 59.7. The number of benzene rings is 7. The van der Waals surface area contributed by atoms with Crippen LogP contribution < -0.4 is 9.80 Å². The third-order valence-corrected chi connectivity index (χ3v) is 11.4. The summed E-state index contributed by atoms with van der Waals surface area (Å²) in [6.45, 7) is 1.06. The summed E-state index contributed by atoms with van der Waals surface area (Å²) in [5.41, 5.74) is 3.79. The lowest BCUT2D eigenvalue weighted by Crippen LogP contribution is -2.33. The Morgan fingerprint density at radius 2 is 0.667 bits per heavy atom. The van der Waals surface area contributed by atoms with Crippen molar-refractivity contribution in [3.63, 3.8) is 0 Å². The average molecular weight is 803 g/mol. The molecule has 60 heavy (non-hydrogen) atoms. The van der Waals surface area contributed by atoms with Crippen molar-refractivity contribution < 1.29 is 39.6 Å². The van der Waals surface area contributed by atoms with Gasteiger partial charge >= 0.3 is 0 Å². The second kappa shape index (κ2) is 15.7. The van der Waals surface area contributed by atoms with Crippen molar-refractivity contribution in [1.82, 2.24) is 0 Å². The van der Waals surface area contributed by atoms with Crippen LogP contribution in [0.15, 0.2) is 118 Å². The van der Waals surface area contributed by atoms with E-state index in [-0.39, 0.29) is 26.4 Å². The Morgan fingerprint density at radius 1 is 0.383 bits per heavy atom. The van der Waals surface area contributed by atoms with Crippen LogP contribution in [0.25, 0.3) is 43.1 Å². The highest BCUT2D eigenvalue weighted by Gasteiger charge is 2.39. The number of hydrogen-bond acceptors (Lipinski definition) is 14. The van der Waals surface area contributed by atoms with Gasteiger partial charge in [0.2, 0.25) is 0 Å². The lowest BCUT2D eigenvalue weighted by molar-refractivity contribution is 0.0841. The minimum absolute atomic E-state index is 0.0780. The molecule has 0 saturated carbocycles. The van der Waals surface area contributed by atoms with E-state index in [4.69, 9.17) is 0 Å². The zero-order valence-corrected chi connectivity index (χ0v) is 32.2. The van der Waals surface area contributed by atoms with Crippen molar-refractivity contribution in [2.24, 2.45) is 20.5 Å². The highest BCUT2D eigenvalue weighted by molar-refractivity contribution is 6.43. The van der Waals surface area contributed by atoms with Gasteiger partial charge in [-0.05, 0) is 80.8 Å². The van der Waals surface area contributed by atoms with Crippen LogP contribution in [-0.2, 0) is 0 Å². The third kappa shape index (κ3) is 6.28. The van der Waals surface area contributed by atoms with Gasteiger partial charge in [-0.2, -0.15) is 20.5 Å². The maximum absolute atomic E-state index is 14.0. The van der Waals surface area contributed by atoms with Crippen LogP contribution >= 0.6 is 0 Å². The first-order valence-corrected chi connectivity index (χ1v) is 19.6. The Kier molecular flexibility index (Phi) is 10.1. The highest BCUT2D eigenvalue weighted by Crippen LogP contribution is 2.46. The molecule has 7 aromatic rings. The van der Waals surface area contributed by atoms with E-state index in [1.165, 1.54) is 0 Å². The molecule has 300 valence electrons. The van der Waals surface area contributed by atoms with Crippen LogP contribution in [-0.4, -0.2) is 108 Å². The molecular weight excluding hydrogens is 765 g/mol. The van der Waals surface area contributed by atoms with Gasteiger partial charge in [-0.25, -0.2) is 0 Å². The number of azo groups is 2. The van der Waals surface area contributed by atoms with Gasteiger partial charge in [0.1, 0.15) is 0 Å². The van der Waals surface area contributed by atoms with Crippen LogP contribution in [0, 0.1) is 0 Å². The molecule has 2 aliphatic carbocycles. The highest BCUT2D eigenvalue weighted by atomic mass is 16.3. The van der Waals surface area contributed by atoms with Gasteiger partial charge in [-0.1, -0.05) is 48.5 Å².